The Morgan fingerprint density at radius 1 is 1.22 bits per heavy atom. The summed E-state index contributed by atoms with van der Waals surface area (Å²) in [5.41, 5.74) is 6.81. The van der Waals surface area contributed by atoms with Gasteiger partial charge >= 0.3 is 0 Å². The van der Waals surface area contributed by atoms with Gasteiger partial charge in [0.2, 0.25) is 5.95 Å². The number of nitrogens with zero attached hydrogens (tertiary/aromatic N) is 3. The second kappa shape index (κ2) is 7.59. The van der Waals surface area contributed by atoms with E-state index in [4.69, 9.17) is 5.73 Å². The fraction of sp³-hybridized carbons (Fsp3) is 0.556. The number of nitrogens with two attached hydrogens (primary N) is 1. The Balaban J connectivity index is 1.63. The van der Waals surface area contributed by atoms with Crippen LogP contribution in [0.3, 0.4) is 0 Å². The molecule has 0 spiro atoms. The number of benzene rings is 1. The average molecular weight is 313 g/mol. The van der Waals surface area contributed by atoms with E-state index in [2.05, 4.69) is 33.2 Å². The molecule has 1 aliphatic heterocycles. The summed E-state index contributed by atoms with van der Waals surface area (Å²) in [6.45, 7) is 5.38. The fourth-order valence-corrected chi connectivity index (χ4v) is 3.30. The van der Waals surface area contributed by atoms with Gasteiger partial charge in [-0.3, -0.25) is 0 Å². The summed E-state index contributed by atoms with van der Waals surface area (Å²) in [5, 5.41) is 4.77. The predicted octanol–water partition coefficient (Wildman–Crippen LogP) is 2.96. The van der Waals surface area contributed by atoms with Crippen LogP contribution in [0.15, 0.2) is 24.3 Å². The van der Waals surface area contributed by atoms with Crippen LogP contribution in [0.2, 0.25) is 0 Å². The number of para-hydroxylation sites is 1. The third-order valence-corrected chi connectivity index (χ3v) is 4.55. The summed E-state index contributed by atoms with van der Waals surface area (Å²) in [4.78, 5) is 11.2. The van der Waals surface area contributed by atoms with Crippen LogP contribution in [0.4, 0.5) is 11.8 Å². The van der Waals surface area contributed by atoms with E-state index in [0.717, 1.165) is 42.8 Å². The first-order valence-electron chi connectivity index (χ1n) is 8.78. The number of fused-ring (bicyclic) bond motifs is 1. The Morgan fingerprint density at radius 2 is 2.09 bits per heavy atom. The van der Waals surface area contributed by atoms with Gasteiger partial charge in [-0.2, -0.15) is 4.98 Å². The first kappa shape index (κ1) is 16.0. The number of nitrogen functional groups attached to an aromatic ring is 1. The van der Waals surface area contributed by atoms with Crippen molar-refractivity contribution in [2.45, 2.75) is 45.1 Å². The van der Waals surface area contributed by atoms with E-state index in [1.54, 1.807) is 0 Å². The number of hydrogen-bond acceptors (Lipinski definition) is 5. The Kier molecular flexibility index (Phi) is 5.28. The van der Waals surface area contributed by atoms with Gasteiger partial charge in [0.05, 0.1) is 5.52 Å². The van der Waals surface area contributed by atoms with Crippen LogP contribution in [0.5, 0.6) is 0 Å². The normalized spacial score (nSPS) is 18.0. The molecule has 1 atom stereocenters. The molecule has 3 N–H and O–H groups in total. The van der Waals surface area contributed by atoms with Crippen molar-refractivity contribution in [1.82, 2.24) is 15.3 Å². The molecule has 1 aromatic heterocycles. The summed E-state index contributed by atoms with van der Waals surface area (Å²) in [7, 11) is 0. The molecule has 0 saturated carbocycles. The zero-order valence-corrected chi connectivity index (χ0v) is 14.0. The lowest BCUT2D eigenvalue weighted by molar-refractivity contribution is 0.522. The van der Waals surface area contributed by atoms with Crippen LogP contribution in [-0.2, 0) is 0 Å². The molecule has 1 unspecified atom stereocenters. The Bertz CT molecular complexity index is 642. The van der Waals surface area contributed by atoms with Crippen LogP contribution in [0.25, 0.3) is 10.9 Å². The third-order valence-electron chi connectivity index (χ3n) is 4.55. The van der Waals surface area contributed by atoms with Crippen LogP contribution in [0.1, 0.15) is 39.0 Å². The fourth-order valence-electron chi connectivity index (χ4n) is 3.30. The molecule has 0 aliphatic carbocycles. The third kappa shape index (κ3) is 3.91. The van der Waals surface area contributed by atoms with E-state index in [0.29, 0.717) is 12.0 Å². The molecule has 1 aromatic carbocycles. The topological polar surface area (TPSA) is 67.1 Å². The molecule has 1 saturated heterocycles. The van der Waals surface area contributed by atoms with E-state index >= 15 is 0 Å². The molecule has 0 radical (unpaired) electrons. The second-order valence-corrected chi connectivity index (χ2v) is 6.37. The Labute approximate surface area is 138 Å². The van der Waals surface area contributed by atoms with Gasteiger partial charge in [0.1, 0.15) is 5.82 Å². The number of nitrogens with one attached hydrogen (secondary N) is 1. The molecule has 124 valence electrons. The average Bonchev–Trinajstić information content (AvgIpc) is 3.02. The van der Waals surface area contributed by atoms with Gasteiger partial charge in [-0.1, -0.05) is 38.3 Å². The SMILES string of the molecule is CCCCCCNC1CCN(c2nc(N)nc3ccccc23)C1. The maximum Gasteiger partial charge on any atom is 0.222 e. The molecule has 0 bridgehead atoms. The van der Waals surface area contributed by atoms with Crippen LogP contribution < -0.4 is 16.0 Å². The number of rotatable bonds is 7. The summed E-state index contributed by atoms with van der Waals surface area (Å²) >= 11 is 0. The molecule has 2 aromatic rings. The van der Waals surface area contributed by atoms with E-state index in [1.807, 2.05) is 18.2 Å². The Morgan fingerprint density at radius 3 is 2.96 bits per heavy atom. The Hall–Kier alpha value is -1.88. The van der Waals surface area contributed by atoms with Gasteiger partial charge in [-0.15, -0.1) is 0 Å². The summed E-state index contributed by atoms with van der Waals surface area (Å²) in [6, 6.07) is 8.65. The van der Waals surface area contributed by atoms with Gasteiger partial charge in [-0.05, 0) is 31.5 Å². The van der Waals surface area contributed by atoms with E-state index < -0.39 is 0 Å². The minimum Gasteiger partial charge on any atom is -0.368 e. The van der Waals surface area contributed by atoms with Gasteiger partial charge in [0.25, 0.3) is 0 Å². The van der Waals surface area contributed by atoms with Crippen molar-refractivity contribution >= 4 is 22.7 Å². The molecule has 3 rings (SSSR count). The quantitative estimate of drug-likeness (QED) is 0.769. The highest BCUT2D eigenvalue weighted by Crippen LogP contribution is 2.27. The highest BCUT2D eigenvalue weighted by molar-refractivity contribution is 5.90. The summed E-state index contributed by atoms with van der Waals surface area (Å²) < 4.78 is 0. The molecule has 23 heavy (non-hydrogen) atoms. The van der Waals surface area contributed by atoms with Crippen molar-refractivity contribution in [2.24, 2.45) is 0 Å². The van der Waals surface area contributed by atoms with Crippen molar-refractivity contribution in [3.63, 3.8) is 0 Å². The lowest BCUT2D eigenvalue weighted by Gasteiger charge is -2.20. The van der Waals surface area contributed by atoms with Crippen molar-refractivity contribution < 1.29 is 0 Å². The summed E-state index contributed by atoms with van der Waals surface area (Å²) in [5.74, 6) is 1.33. The largest absolute Gasteiger partial charge is 0.368 e. The maximum absolute atomic E-state index is 5.89. The van der Waals surface area contributed by atoms with Gasteiger partial charge in [0, 0.05) is 24.5 Å². The lowest BCUT2D eigenvalue weighted by atomic mass is 10.2. The molecule has 5 nitrogen and oxygen atoms in total. The van der Waals surface area contributed by atoms with Crippen LogP contribution in [-0.4, -0.2) is 35.6 Å². The lowest BCUT2D eigenvalue weighted by Crippen LogP contribution is -2.33. The summed E-state index contributed by atoms with van der Waals surface area (Å²) in [6.07, 6.45) is 6.39. The first-order valence-corrected chi connectivity index (χ1v) is 8.78. The van der Waals surface area contributed by atoms with Crippen molar-refractivity contribution in [1.29, 1.82) is 0 Å². The molecule has 1 fully saturated rings. The smallest absolute Gasteiger partial charge is 0.222 e. The van der Waals surface area contributed by atoms with Gasteiger partial charge in [0.15, 0.2) is 0 Å². The number of aromatic nitrogens is 2. The second-order valence-electron chi connectivity index (χ2n) is 6.37. The van der Waals surface area contributed by atoms with E-state index in [-0.39, 0.29) is 0 Å². The predicted molar refractivity (Wildman–Crippen MR) is 96.7 cm³/mol. The molecule has 1 aliphatic rings. The number of hydrogen-bond donors (Lipinski definition) is 2. The maximum atomic E-state index is 5.89. The molecular weight excluding hydrogens is 286 g/mol. The highest BCUT2D eigenvalue weighted by Gasteiger charge is 2.24. The van der Waals surface area contributed by atoms with Crippen molar-refractivity contribution in [2.75, 3.05) is 30.3 Å². The van der Waals surface area contributed by atoms with Crippen molar-refractivity contribution in [3.8, 4) is 0 Å². The van der Waals surface area contributed by atoms with E-state index in [1.165, 1.54) is 25.7 Å². The van der Waals surface area contributed by atoms with Gasteiger partial charge in [-0.25, -0.2) is 4.98 Å². The van der Waals surface area contributed by atoms with Gasteiger partial charge < -0.3 is 16.0 Å². The van der Waals surface area contributed by atoms with Crippen LogP contribution >= 0.6 is 0 Å². The number of unbranched alkanes of at least 4 members (excludes halogenated alkanes) is 3. The molecule has 0 amide bonds. The molecule has 2 heterocycles. The highest BCUT2D eigenvalue weighted by atomic mass is 15.2. The molecular formula is C18H27N5. The molecule has 5 heteroatoms. The minimum atomic E-state index is 0.356. The first-order chi connectivity index (χ1) is 11.3. The van der Waals surface area contributed by atoms with Crippen molar-refractivity contribution in [3.05, 3.63) is 24.3 Å². The zero-order valence-electron chi connectivity index (χ0n) is 14.0. The van der Waals surface area contributed by atoms with Crippen LogP contribution in [0, 0.1) is 0 Å². The minimum absolute atomic E-state index is 0.356. The zero-order chi connectivity index (χ0) is 16.1. The van der Waals surface area contributed by atoms with E-state index in [9.17, 15) is 0 Å². The standard InChI is InChI=1S/C18H27N5/c1-2-3-4-7-11-20-14-10-12-23(13-14)17-15-8-5-6-9-16(15)21-18(19)22-17/h5-6,8-9,14,20H,2-4,7,10-13H2,1H3,(H2,19,21,22). The monoisotopic (exact) mass is 313 g/mol. The number of anilines is 2.